The number of ether oxygens (including phenoxy) is 1. The molecule has 0 saturated carbocycles. The van der Waals surface area contributed by atoms with Gasteiger partial charge in [-0.15, -0.1) is 0 Å². The lowest BCUT2D eigenvalue weighted by atomic mass is 9.93. The van der Waals surface area contributed by atoms with Crippen molar-refractivity contribution in [2.75, 3.05) is 37.6 Å². The van der Waals surface area contributed by atoms with Gasteiger partial charge in [0.1, 0.15) is 11.9 Å². The Kier molecular flexibility index (Phi) is 4.07. The Morgan fingerprint density at radius 1 is 1.38 bits per heavy atom. The number of anilines is 1. The monoisotopic (exact) mass is 293 g/mol. The summed E-state index contributed by atoms with van der Waals surface area (Å²) in [4.78, 5) is 14.1. The summed E-state index contributed by atoms with van der Waals surface area (Å²) in [6.07, 6.45) is 0.263. The molecule has 114 valence electrons. The van der Waals surface area contributed by atoms with Gasteiger partial charge in [-0.05, 0) is 11.6 Å². The van der Waals surface area contributed by atoms with Crippen LogP contribution in [0.5, 0.6) is 0 Å². The highest BCUT2D eigenvalue weighted by molar-refractivity contribution is 5.83. The second kappa shape index (κ2) is 5.99. The van der Waals surface area contributed by atoms with E-state index in [0.29, 0.717) is 18.7 Å². The van der Waals surface area contributed by atoms with E-state index in [1.54, 1.807) is 6.07 Å². The number of cyclic esters (lactones) is 1. The minimum absolute atomic E-state index is 0.262. The molecular formula is C15H20FN3O2. The van der Waals surface area contributed by atoms with E-state index in [1.807, 2.05) is 11.0 Å². The van der Waals surface area contributed by atoms with Crippen LogP contribution in [-0.2, 0) is 9.53 Å². The lowest BCUT2D eigenvalue weighted by Gasteiger charge is -2.32. The van der Waals surface area contributed by atoms with Gasteiger partial charge in [0.15, 0.2) is 0 Å². The van der Waals surface area contributed by atoms with Crippen LogP contribution < -0.4 is 16.0 Å². The molecule has 2 heterocycles. The van der Waals surface area contributed by atoms with Crippen LogP contribution in [0.25, 0.3) is 0 Å². The highest BCUT2D eigenvalue weighted by Gasteiger charge is 2.37. The number of halogens is 1. The van der Waals surface area contributed by atoms with Gasteiger partial charge >= 0.3 is 5.97 Å². The molecule has 0 radical (unpaired) electrons. The van der Waals surface area contributed by atoms with Gasteiger partial charge < -0.3 is 20.7 Å². The number of nitrogens with one attached hydrogen (secondary N) is 1. The van der Waals surface area contributed by atoms with Crippen molar-refractivity contribution in [3.8, 4) is 0 Å². The summed E-state index contributed by atoms with van der Waals surface area (Å²) in [6.45, 7) is 3.40. The van der Waals surface area contributed by atoms with E-state index in [9.17, 15) is 9.18 Å². The Labute approximate surface area is 123 Å². The minimum atomic E-state index is -0.417. The number of hydrogen-bond donors (Lipinski definition) is 2. The zero-order valence-electron chi connectivity index (χ0n) is 11.8. The third-order valence-electron chi connectivity index (χ3n) is 4.16. The molecule has 2 aliphatic rings. The summed E-state index contributed by atoms with van der Waals surface area (Å²) in [7, 11) is 0. The quantitative estimate of drug-likeness (QED) is 0.799. The number of benzene rings is 1. The van der Waals surface area contributed by atoms with Gasteiger partial charge in [0, 0.05) is 39.1 Å². The number of carbonyl (C=O) groups is 1. The Morgan fingerprint density at radius 2 is 2.14 bits per heavy atom. The standard InChI is InChI=1S/C15H20FN3O2/c16-13-3-1-2-11(12-8-10(9-17)21-15(12)20)14(13)19-6-4-18-5-7-19/h1-3,10,12,18H,4-9,17H2. The van der Waals surface area contributed by atoms with E-state index in [0.717, 1.165) is 31.7 Å². The van der Waals surface area contributed by atoms with E-state index < -0.39 is 5.92 Å². The fraction of sp³-hybridized carbons (Fsp3) is 0.533. The number of carbonyl (C=O) groups excluding carboxylic acids is 1. The lowest BCUT2D eigenvalue weighted by Crippen LogP contribution is -2.44. The summed E-state index contributed by atoms with van der Waals surface area (Å²) in [5.41, 5.74) is 6.84. The van der Waals surface area contributed by atoms with E-state index >= 15 is 0 Å². The molecule has 2 fully saturated rings. The second-order valence-electron chi connectivity index (χ2n) is 5.50. The van der Waals surface area contributed by atoms with Crippen LogP contribution >= 0.6 is 0 Å². The maximum atomic E-state index is 14.4. The number of rotatable bonds is 3. The molecule has 0 spiro atoms. The largest absolute Gasteiger partial charge is 0.461 e. The summed E-state index contributed by atoms with van der Waals surface area (Å²) >= 11 is 0. The third kappa shape index (κ3) is 2.73. The smallest absolute Gasteiger partial charge is 0.313 e. The summed E-state index contributed by atoms with van der Waals surface area (Å²) in [5, 5.41) is 3.25. The highest BCUT2D eigenvalue weighted by atomic mass is 19.1. The predicted molar refractivity (Wildman–Crippen MR) is 77.8 cm³/mol. The van der Waals surface area contributed by atoms with Gasteiger partial charge in [0.05, 0.1) is 11.6 Å². The SMILES string of the molecule is NCC1CC(c2cccc(F)c2N2CCNCC2)C(=O)O1. The number of esters is 1. The molecule has 2 unspecified atom stereocenters. The molecule has 0 aromatic heterocycles. The Bertz CT molecular complexity index is 532. The zero-order valence-corrected chi connectivity index (χ0v) is 11.8. The van der Waals surface area contributed by atoms with Crippen molar-refractivity contribution in [3.63, 3.8) is 0 Å². The van der Waals surface area contributed by atoms with Crippen molar-refractivity contribution in [2.45, 2.75) is 18.4 Å². The topological polar surface area (TPSA) is 67.6 Å². The van der Waals surface area contributed by atoms with Gasteiger partial charge in [-0.2, -0.15) is 0 Å². The minimum Gasteiger partial charge on any atom is -0.461 e. The van der Waals surface area contributed by atoms with Crippen LogP contribution in [0, 0.1) is 5.82 Å². The van der Waals surface area contributed by atoms with Crippen LogP contribution in [-0.4, -0.2) is 44.8 Å². The fourth-order valence-electron chi connectivity index (χ4n) is 3.09. The van der Waals surface area contributed by atoms with Crippen molar-refractivity contribution in [2.24, 2.45) is 5.73 Å². The Balaban J connectivity index is 1.95. The van der Waals surface area contributed by atoms with Gasteiger partial charge in [-0.25, -0.2) is 4.39 Å². The van der Waals surface area contributed by atoms with Crippen molar-refractivity contribution in [1.29, 1.82) is 0 Å². The number of piperazine rings is 1. The first-order valence-corrected chi connectivity index (χ1v) is 7.35. The molecule has 3 N–H and O–H groups in total. The van der Waals surface area contributed by atoms with E-state index in [4.69, 9.17) is 10.5 Å². The molecule has 1 aromatic carbocycles. The average Bonchev–Trinajstić information content (AvgIpc) is 2.89. The van der Waals surface area contributed by atoms with E-state index in [-0.39, 0.29) is 17.9 Å². The highest BCUT2D eigenvalue weighted by Crippen LogP contribution is 2.37. The zero-order chi connectivity index (χ0) is 14.8. The van der Waals surface area contributed by atoms with Crippen molar-refractivity contribution >= 4 is 11.7 Å². The number of para-hydroxylation sites is 1. The maximum absolute atomic E-state index is 14.4. The number of hydrogen-bond acceptors (Lipinski definition) is 5. The van der Waals surface area contributed by atoms with Gasteiger partial charge in [-0.3, -0.25) is 4.79 Å². The van der Waals surface area contributed by atoms with Crippen LogP contribution in [0.4, 0.5) is 10.1 Å². The molecule has 0 aliphatic carbocycles. The van der Waals surface area contributed by atoms with Gasteiger partial charge in [0.2, 0.25) is 0 Å². The molecule has 2 aliphatic heterocycles. The van der Waals surface area contributed by atoms with Crippen molar-refractivity contribution in [1.82, 2.24) is 5.32 Å². The first-order chi connectivity index (χ1) is 10.2. The summed E-state index contributed by atoms with van der Waals surface area (Å²) in [5.74, 6) is -0.995. The maximum Gasteiger partial charge on any atom is 0.313 e. The Hall–Kier alpha value is -1.66. The van der Waals surface area contributed by atoms with Crippen LogP contribution in [0.15, 0.2) is 18.2 Å². The van der Waals surface area contributed by atoms with Gasteiger partial charge in [0.25, 0.3) is 0 Å². The average molecular weight is 293 g/mol. The van der Waals surface area contributed by atoms with E-state index in [1.165, 1.54) is 6.07 Å². The molecule has 0 amide bonds. The van der Waals surface area contributed by atoms with Crippen LogP contribution in [0.2, 0.25) is 0 Å². The molecule has 5 nitrogen and oxygen atoms in total. The molecule has 2 saturated heterocycles. The molecule has 6 heteroatoms. The van der Waals surface area contributed by atoms with Crippen molar-refractivity contribution in [3.05, 3.63) is 29.6 Å². The summed E-state index contributed by atoms with van der Waals surface area (Å²) < 4.78 is 19.6. The fourth-order valence-corrected chi connectivity index (χ4v) is 3.09. The molecule has 1 aromatic rings. The molecule has 2 atom stereocenters. The summed E-state index contributed by atoms with van der Waals surface area (Å²) in [6, 6.07) is 4.92. The van der Waals surface area contributed by atoms with Crippen LogP contribution in [0.1, 0.15) is 17.9 Å². The van der Waals surface area contributed by atoms with Gasteiger partial charge in [-0.1, -0.05) is 12.1 Å². The van der Waals surface area contributed by atoms with Crippen LogP contribution in [0.3, 0.4) is 0 Å². The number of nitrogens with zero attached hydrogens (tertiary/aromatic N) is 1. The van der Waals surface area contributed by atoms with Crippen molar-refractivity contribution < 1.29 is 13.9 Å². The molecule has 3 rings (SSSR count). The molecular weight excluding hydrogens is 273 g/mol. The van der Waals surface area contributed by atoms with E-state index in [2.05, 4.69) is 5.32 Å². The molecule has 21 heavy (non-hydrogen) atoms. The third-order valence-corrected chi connectivity index (χ3v) is 4.16. The first kappa shape index (κ1) is 14.3. The lowest BCUT2D eigenvalue weighted by molar-refractivity contribution is -0.142. The molecule has 0 bridgehead atoms. The number of nitrogens with two attached hydrogens (primary N) is 1. The second-order valence-corrected chi connectivity index (χ2v) is 5.50. The first-order valence-electron chi connectivity index (χ1n) is 7.35. The normalized spacial score (nSPS) is 26.0. The predicted octanol–water partition coefficient (Wildman–Crippen LogP) is 0.593. The Morgan fingerprint density at radius 3 is 2.81 bits per heavy atom.